The molecule has 0 aliphatic heterocycles. The second-order valence-electron chi connectivity index (χ2n) is 5.67. The van der Waals surface area contributed by atoms with Crippen LogP contribution in [0.2, 0.25) is 5.02 Å². The molecule has 1 amide bonds. The summed E-state index contributed by atoms with van der Waals surface area (Å²) in [7, 11) is 1.65. The Morgan fingerprint density at radius 3 is 2.54 bits per heavy atom. The van der Waals surface area contributed by atoms with Crippen molar-refractivity contribution in [2.24, 2.45) is 4.99 Å². The van der Waals surface area contributed by atoms with E-state index in [1.54, 1.807) is 44.3 Å². The van der Waals surface area contributed by atoms with Gasteiger partial charge < -0.3 is 16.0 Å². The average Bonchev–Trinajstić information content (AvgIpc) is 2.64. The highest BCUT2D eigenvalue weighted by Crippen LogP contribution is 2.14. The van der Waals surface area contributed by atoms with Crippen LogP contribution in [-0.2, 0) is 6.54 Å². The number of carbonyl (C=O) groups excluding carboxylic acids is 1. The summed E-state index contributed by atoms with van der Waals surface area (Å²) < 4.78 is 13.6. The highest BCUT2D eigenvalue weighted by atomic mass is 35.5. The van der Waals surface area contributed by atoms with Crippen LogP contribution in [0, 0.1) is 12.7 Å². The van der Waals surface area contributed by atoms with Crippen LogP contribution in [0.25, 0.3) is 0 Å². The number of hydrogen-bond donors (Lipinski definition) is 3. The predicted molar refractivity (Wildman–Crippen MR) is 103 cm³/mol. The minimum atomic E-state index is -0.227. The maximum atomic E-state index is 13.6. The number of aryl methyl sites for hydroxylation is 1. The monoisotopic (exact) mass is 376 g/mol. The van der Waals surface area contributed by atoms with Crippen molar-refractivity contribution in [1.82, 2.24) is 16.0 Å². The minimum Gasteiger partial charge on any atom is -0.355 e. The van der Waals surface area contributed by atoms with Crippen LogP contribution in [0.4, 0.5) is 4.39 Å². The third kappa shape index (κ3) is 5.74. The second kappa shape index (κ2) is 9.77. The largest absolute Gasteiger partial charge is 0.355 e. The van der Waals surface area contributed by atoms with Crippen LogP contribution in [0.3, 0.4) is 0 Å². The molecule has 0 fully saturated rings. The lowest BCUT2D eigenvalue weighted by atomic mass is 10.1. The molecule has 138 valence electrons. The molecular formula is C19H22ClFN4O. The van der Waals surface area contributed by atoms with Crippen LogP contribution >= 0.6 is 11.6 Å². The smallest absolute Gasteiger partial charge is 0.252 e. The van der Waals surface area contributed by atoms with Gasteiger partial charge in [0.05, 0.1) is 10.6 Å². The summed E-state index contributed by atoms with van der Waals surface area (Å²) in [6, 6.07) is 12.0. The van der Waals surface area contributed by atoms with Crippen molar-refractivity contribution in [3.05, 3.63) is 70.0 Å². The quantitative estimate of drug-likeness (QED) is 0.412. The lowest BCUT2D eigenvalue weighted by Gasteiger charge is -2.13. The van der Waals surface area contributed by atoms with Crippen molar-refractivity contribution in [2.75, 3.05) is 20.1 Å². The van der Waals surface area contributed by atoms with Gasteiger partial charge in [-0.1, -0.05) is 35.9 Å². The molecule has 0 unspecified atom stereocenters. The van der Waals surface area contributed by atoms with Crippen LogP contribution in [0.1, 0.15) is 21.5 Å². The molecule has 0 aromatic heterocycles. The fourth-order valence-electron chi connectivity index (χ4n) is 2.25. The molecule has 5 nitrogen and oxygen atoms in total. The van der Waals surface area contributed by atoms with Crippen molar-refractivity contribution < 1.29 is 9.18 Å². The maximum Gasteiger partial charge on any atom is 0.252 e. The maximum absolute atomic E-state index is 13.6. The first kappa shape index (κ1) is 19.7. The molecule has 0 aliphatic carbocycles. The normalized spacial score (nSPS) is 11.2. The van der Waals surface area contributed by atoms with Crippen molar-refractivity contribution in [1.29, 1.82) is 0 Å². The summed E-state index contributed by atoms with van der Waals surface area (Å²) >= 11 is 5.99. The first-order valence-electron chi connectivity index (χ1n) is 8.23. The van der Waals surface area contributed by atoms with Crippen molar-refractivity contribution in [3.63, 3.8) is 0 Å². The Balaban J connectivity index is 1.74. The molecule has 0 atom stereocenters. The fourth-order valence-corrected chi connectivity index (χ4v) is 2.47. The van der Waals surface area contributed by atoms with E-state index < -0.39 is 0 Å². The van der Waals surface area contributed by atoms with Crippen molar-refractivity contribution >= 4 is 23.5 Å². The first-order valence-corrected chi connectivity index (χ1v) is 8.61. The molecule has 0 aliphatic rings. The van der Waals surface area contributed by atoms with Gasteiger partial charge in [-0.15, -0.1) is 0 Å². The third-order valence-corrected chi connectivity index (χ3v) is 4.07. The fraction of sp³-hybridized carbons (Fsp3) is 0.263. The van der Waals surface area contributed by atoms with E-state index in [9.17, 15) is 9.18 Å². The molecular weight excluding hydrogens is 355 g/mol. The Labute approximate surface area is 157 Å². The van der Waals surface area contributed by atoms with Gasteiger partial charge in [-0.3, -0.25) is 9.79 Å². The first-order chi connectivity index (χ1) is 12.5. The number of halogens is 2. The Kier molecular flexibility index (Phi) is 7.41. The standard InChI is InChI=1S/C19H22ClFN4O/c1-13-7-8-14(11-17(13)21)12-25-19(22-2)24-10-9-23-18(26)15-5-3-4-6-16(15)20/h3-8,11H,9-10,12H2,1-2H3,(H,23,26)(H2,22,24,25). The minimum absolute atomic E-state index is 0.226. The van der Waals surface area contributed by atoms with Crippen LogP contribution in [-0.4, -0.2) is 32.0 Å². The van der Waals surface area contributed by atoms with Gasteiger partial charge in [0.15, 0.2) is 5.96 Å². The Morgan fingerprint density at radius 2 is 1.85 bits per heavy atom. The summed E-state index contributed by atoms with van der Waals surface area (Å²) in [4.78, 5) is 16.1. The number of nitrogens with one attached hydrogen (secondary N) is 3. The summed E-state index contributed by atoms with van der Waals surface area (Å²) in [6.07, 6.45) is 0. The van der Waals surface area contributed by atoms with E-state index in [4.69, 9.17) is 11.6 Å². The van der Waals surface area contributed by atoms with Gasteiger partial charge in [-0.25, -0.2) is 4.39 Å². The summed E-state index contributed by atoms with van der Waals surface area (Å²) in [6.45, 7) is 3.06. The van der Waals surface area contributed by atoms with Gasteiger partial charge in [0.25, 0.3) is 5.91 Å². The average molecular weight is 377 g/mol. The molecule has 0 saturated carbocycles. The highest BCUT2D eigenvalue weighted by Gasteiger charge is 2.08. The summed E-state index contributed by atoms with van der Waals surface area (Å²) in [5.41, 5.74) is 1.88. The van der Waals surface area contributed by atoms with E-state index >= 15 is 0 Å². The topological polar surface area (TPSA) is 65.5 Å². The van der Waals surface area contributed by atoms with E-state index in [0.29, 0.717) is 41.7 Å². The van der Waals surface area contributed by atoms with Gasteiger partial charge in [-0.05, 0) is 36.2 Å². The second-order valence-corrected chi connectivity index (χ2v) is 6.08. The Bertz CT molecular complexity index is 795. The Morgan fingerprint density at radius 1 is 1.12 bits per heavy atom. The zero-order chi connectivity index (χ0) is 18.9. The van der Waals surface area contributed by atoms with E-state index in [2.05, 4.69) is 20.9 Å². The van der Waals surface area contributed by atoms with E-state index in [1.807, 2.05) is 6.07 Å². The molecule has 0 saturated heterocycles. The SMILES string of the molecule is CN=C(NCCNC(=O)c1ccccc1Cl)NCc1ccc(C)c(F)c1. The van der Waals surface area contributed by atoms with Crippen molar-refractivity contribution in [2.45, 2.75) is 13.5 Å². The van der Waals surface area contributed by atoms with Gasteiger partial charge in [-0.2, -0.15) is 0 Å². The van der Waals surface area contributed by atoms with Crippen LogP contribution in [0.15, 0.2) is 47.5 Å². The third-order valence-electron chi connectivity index (χ3n) is 3.74. The van der Waals surface area contributed by atoms with Crippen molar-refractivity contribution in [3.8, 4) is 0 Å². The number of amides is 1. The van der Waals surface area contributed by atoms with Gasteiger partial charge in [0, 0.05) is 26.7 Å². The van der Waals surface area contributed by atoms with E-state index in [0.717, 1.165) is 5.56 Å². The van der Waals surface area contributed by atoms with Gasteiger partial charge in [0.1, 0.15) is 5.82 Å². The zero-order valence-corrected chi connectivity index (χ0v) is 15.5. The predicted octanol–water partition coefficient (Wildman–Crippen LogP) is 2.88. The number of rotatable bonds is 6. The Hall–Kier alpha value is -2.60. The lowest BCUT2D eigenvalue weighted by molar-refractivity contribution is 0.0954. The number of guanidine groups is 1. The molecule has 0 heterocycles. The molecule has 2 rings (SSSR count). The van der Waals surface area contributed by atoms with E-state index in [1.165, 1.54) is 6.07 Å². The zero-order valence-electron chi connectivity index (χ0n) is 14.8. The molecule has 0 spiro atoms. The highest BCUT2D eigenvalue weighted by molar-refractivity contribution is 6.33. The van der Waals surface area contributed by atoms with E-state index in [-0.39, 0.29) is 11.7 Å². The van der Waals surface area contributed by atoms with Crippen LogP contribution in [0.5, 0.6) is 0 Å². The number of carbonyl (C=O) groups is 1. The van der Waals surface area contributed by atoms with Gasteiger partial charge in [0.2, 0.25) is 0 Å². The molecule has 0 radical (unpaired) electrons. The molecule has 0 bridgehead atoms. The molecule has 26 heavy (non-hydrogen) atoms. The summed E-state index contributed by atoms with van der Waals surface area (Å²) in [5, 5.41) is 9.39. The number of hydrogen-bond acceptors (Lipinski definition) is 2. The molecule has 2 aromatic rings. The number of aliphatic imine (C=N–C) groups is 1. The molecule has 2 aromatic carbocycles. The lowest BCUT2D eigenvalue weighted by Crippen LogP contribution is -2.41. The van der Waals surface area contributed by atoms with Gasteiger partial charge >= 0.3 is 0 Å². The van der Waals surface area contributed by atoms with Crippen LogP contribution < -0.4 is 16.0 Å². The number of benzene rings is 2. The number of nitrogens with zero attached hydrogens (tertiary/aromatic N) is 1. The summed E-state index contributed by atoms with van der Waals surface area (Å²) in [5.74, 6) is 0.114. The molecule has 3 N–H and O–H groups in total. The molecule has 7 heteroatoms.